The Morgan fingerprint density at radius 1 is 1.14 bits per heavy atom. The number of carbonyl (C=O) groups excluding carboxylic acids is 1. The lowest BCUT2D eigenvalue weighted by Crippen LogP contribution is -2.10. The van der Waals surface area contributed by atoms with E-state index >= 15 is 0 Å². The van der Waals surface area contributed by atoms with Gasteiger partial charge >= 0.3 is 0 Å². The minimum atomic E-state index is -0.402. The highest BCUT2D eigenvalue weighted by Gasteiger charge is 2.03. The van der Waals surface area contributed by atoms with Crippen LogP contribution in [0.15, 0.2) is 49.8 Å². The molecule has 4 nitrogen and oxygen atoms in total. The topological polar surface area (TPSA) is 87.2 Å². The van der Waals surface area contributed by atoms with Crippen molar-refractivity contribution < 1.29 is 9.90 Å². The van der Waals surface area contributed by atoms with E-state index in [-0.39, 0.29) is 5.75 Å². The van der Waals surface area contributed by atoms with Gasteiger partial charge in [0.15, 0.2) is 0 Å². The van der Waals surface area contributed by atoms with Gasteiger partial charge in [0, 0.05) is 26.3 Å². The fourth-order valence-electron chi connectivity index (χ4n) is 1.34. The number of nitrogens with two attached hydrogens (primary N) is 1. The molecule has 0 fully saturated rings. The van der Waals surface area contributed by atoms with Crippen LogP contribution in [-0.2, 0) is 0 Å². The van der Waals surface area contributed by atoms with Crippen LogP contribution in [0.1, 0.15) is 15.9 Å². The summed E-state index contributed by atoms with van der Waals surface area (Å²) in [5.41, 5.74) is 6.04. The zero-order valence-corrected chi connectivity index (χ0v) is 15.4. The summed E-state index contributed by atoms with van der Waals surface area (Å²) in [5.74, 6) is -0.301. The molecule has 0 unspecified atom stereocenters. The monoisotopic (exact) mass is 476 g/mol. The first-order chi connectivity index (χ1) is 9.85. The Balaban J connectivity index is 0.000000211. The molecule has 0 atom stereocenters. The van der Waals surface area contributed by atoms with Crippen LogP contribution in [0.5, 0.6) is 5.75 Å². The van der Waals surface area contributed by atoms with Crippen molar-refractivity contribution in [3.63, 3.8) is 0 Å². The summed E-state index contributed by atoms with van der Waals surface area (Å²) in [6.45, 7) is 0. The number of nitrogens with one attached hydrogen (secondary N) is 1. The largest absolute Gasteiger partial charge is 0.506 e. The number of primary amides is 1. The van der Waals surface area contributed by atoms with E-state index in [1.807, 2.05) is 6.07 Å². The van der Waals surface area contributed by atoms with Crippen LogP contribution in [0, 0.1) is 5.41 Å². The predicted octanol–water partition coefficient (Wildman–Crippen LogP) is 4.46. The highest BCUT2D eigenvalue weighted by molar-refractivity contribution is 9.11. The van der Waals surface area contributed by atoms with Crippen LogP contribution in [0.25, 0.3) is 0 Å². The van der Waals surface area contributed by atoms with E-state index in [0.717, 1.165) is 15.2 Å². The molecule has 0 aliphatic rings. The third-order valence-electron chi connectivity index (χ3n) is 2.32. The van der Waals surface area contributed by atoms with Gasteiger partial charge in [0.05, 0.1) is 4.47 Å². The third-order valence-corrected chi connectivity index (χ3v) is 3.88. The molecule has 2 aromatic rings. The van der Waals surface area contributed by atoms with E-state index in [1.54, 1.807) is 30.3 Å². The minimum absolute atomic E-state index is 0.100. The second kappa shape index (κ2) is 8.31. The first-order valence-corrected chi connectivity index (χ1v) is 7.97. The van der Waals surface area contributed by atoms with Gasteiger partial charge in [-0.15, -0.1) is 0 Å². The van der Waals surface area contributed by atoms with Crippen molar-refractivity contribution in [1.82, 2.24) is 0 Å². The second-order valence-corrected chi connectivity index (χ2v) is 6.53. The van der Waals surface area contributed by atoms with Crippen LogP contribution in [0.2, 0.25) is 0 Å². The lowest BCUT2D eigenvalue weighted by atomic mass is 10.2. The smallest absolute Gasteiger partial charge is 0.248 e. The average molecular weight is 479 g/mol. The predicted molar refractivity (Wildman–Crippen MR) is 94.1 cm³/mol. The van der Waals surface area contributed by atoms with E-state index in [9.17, 15) is 9.90 Å². The van der Waals surface area contributed by atoms with Gasteiger partial charge in [-0.2, -0.15) is 0 Å². The van der Waals surface area contributed by atoms with Crippen LogP contribution >= 0.6 is 47.8 Å². The molecule has 7 heteroatoms. The van der Waals surface area contributed by atoms with E-state index in [0.29, 0.717) is 15.6 Å². The van der Waals surface area contributed by atoms with E-state index in [4.69, 9.17) is 11.1 Å². The molecule has 21 heavy (non-hydrogen) atoms. The maximum absolute atomic E-state index is 10.6. The summed E-state index contributed by atoms with van der Waals surface area (Å²) < 4.78 is 2.29. The van der Waals surface area contributed by atoms with Crippen molar-refractivity contribution in [1.29, 1.82) is 5.41 Å². The van der Waals surface area contributed by atoms with Crippen molar-refractivity contribution in [3.8, 4) is 5.75 Å². The van der Waals surface area contributed by atoms with Crippen molar-refractivity contribution in [2.75, 3.05) is 0 Å². The molecule has 2 aromatic carbocycles. The van der Waals surface area contributed by atoms with Gasteiger partial charge in [0.25, 0.3) is 0 Å². The van der Waals surface area contributed by atoms with Gasteiger partial charge in [0.2, 0.25) is 5.91 Å². The summed E-state index contributed by atoms with van der Waals surface area (Å²) in [6, 6.07) is 10.4. The molecule has 0 aromatic heterocycles. The molecule has 0 spiro atoms. The molecule has 0 saturated heterocycles. The van der Waals surface area contributed by atoms with Crippen molar-refractivity contribution in [2.24, 2.45) is 5.73 Å². The number of amides is 1. The quantitative estimate of drug-likeness (QED) is 0.556. The molecule has 0 aliphatic carbocycles. The number of halogens is 3. The summed E-state index contributed by atoms with van der Waals surface area (Å²) in [7, 11) is 0. The van der Waals surface area contributed by atoms with Crippen molar-refractivity contribution >= 4 is 59.9 Å². The van der Waals surface area contributed by atoms with Gasteiger partial charge in [-0.3, -0.25) is 4.79 Å². The molecule has 0 heterocycles. The number of hydrogen-bond donors (Lipinski definition) is 3. The Hall–Kier alpha value is -1.18. The summed E-state index contributed by atoms with van der Waals surface area (Å²) >= 11 is 9.62. The Kier molecular flexibility index (Phi) is 7.07. The van der Waals surface area contributed by atoms with Crippen LogP contribution in [0.4, 0.5) is 0 Å². The van der Waals surface area contributed by atoms with Crippen LogP contribution in [0.3, 0.4) is 0 Å². The van der Waals surface area contributed by atoms with Crippen LogP contribution < -0.4 is 5.73 Å². The average Bonchev–Trinajstić information content (AvgIpc) is 2.43. The molecule has 0 saturated carbocycles. The van der Waals surface area contributed by atoms with Crippen molar-refractivity contribution in [3.05, 3.63) is 60.9 Å². The normalized spacial score (nSPS) is 9.48. The molecule has 1 amide bonds. The maximum atomic E-state index is 10.6. The highest BCUT2D eigenvalue weighted by atomic mass is 79.9. The van der Waals surface area contributed by atoms with Gasteiger partial charge in [-0.05, 0) is 46.3 Å². The van der Waals surface area contributed by atoms with E-state index in [1.165, 1.54) is 0 Å². The Morgan fingerprint density at radius 2 is 1.81 bits per heavy atom. The molecule has 0 radical (unpaired) electrons. The molecule has 110 valence electrons. The molecule has 0 aliphatic heterocycles. The number of phenols is 1. The van der Waals surface area contributed by atoms with Gasteiger partial charge in [-0.25, -0.2) is 0 Å². The number of benzene rings is 2. The van der Waals surface area contributed by atoms with E-state index in [2.05, 4.69) is 47.8 Å². The summed E-state index contributed by atoms with van der Waals surface area (Å²) in [6.07, 6.45) is 1.10. The van der Waals surface area contributed by atoms with Gasteiger partial charge in [0.1, 0.15) is 5.75 Å². The zero-order chi connectivity index (χ0) is 16.0. The molecule has 0 bridgehead atoms. The van der Waals surface area contributed by atoms with E-state index < -0.39 is 5.91 Å². The number of rotatable bonds is 2. The van der Waals surface area contributed by atoms with Crippen LogP contribution in [-0.4, -0.2) is 17.2 Å². The SMILES string of the molecule is N=Cc1cc(Br)cc(Br)c1O.NC(=O)c1cccc(Br)c1. The number of hydrogen-bond acceptors (Lipinski definition) is 3. The second-order valence-electron chi connectivity index (χ2n) is 3.84. The molecule has 2 rings (SSSR count). The number of aromatic hydroxyl groups is 1. The third kappa shape index (κ3) is 5.61. The lowest BCUT2D eigenvalue weighted by Gasteiger charge is -2.01. The Labute approximate surface area is 147 Å². The highest BCUT2D eigenvalue weighted by Crippen LogP contribution is 2.30. The fraction of sp³-hybridized carbons (Fsp3) is 0. The number of carbonyl (C=O) groups is 1. The fourth-order valence-corrected chi connectivity index (χ4v) is 3.00. The first-order valence-electron chi connectivity index (χ1n) is 5.59. The summed E-state index contributed by atoms with van der Waals surface area (Å²) in [4.78, 5) is 10.6. The van der Waals surface area contributed by atoms with Gasteiger partial charge in [-0.1, -0.05) is 37.9 Å². The lowest BCUT2D eigenvalue weighted by molar-refractivity contribution is 0.1000. The first kappa shape index (κ1) is 17.9. The Bertz CT molecular complexity index is 675. The maximum Gasteiger partial charge on any atom is 0.248 e. The molecule has 4 N–H and O–H groups in total. The van der Waals surface area contributed by atoms with Gasteiger partial charge < -0.3 is 16.2 Å². The standard InChI is InChI=1S/C7H5Br2NO.C7H6BrNO/c8-5-1-4(3-10)7(11)6(9)2-5;8-6-3-1-2-5(4-6)7(9)10/h1-3,10-11H;1-4H,(H2,9,10). The van der Waals surface area contributed by atoms with Crippen molar-refractivity contribution in [2.45, 2.75) is 0 Å². The number of phenolic OH excluding ortho intramolecular Hbond substituents is 1. The molecular weight excluding hydrogens is 468 g/mol. The molecular formula is C14H11Br3N2O2. The minimum Gasteiger partial charge on any atom is -0.506 e. The Morgan fingerprint density at radius 3 is 2.29 bits per heavy atom. The summed E-state index contributed by atoms with van der Waals surface area (Å²) in [5, 5.41) is 16.3. The zero-order valence-electron chi connectivity index (χ0n) is 10.6.